The van der Waals surface area contributed by atoms with Crippen LogP contribution in [0.2, 0.25) is 0 Å². The molecule has 72 valence electrons. The molecule has 0 radical (unpaired) electrons. The van der Waals surface area contributed by atoms with Crippen LogP contribution in [-0.4, -0.2) is 6.54 Å². The van der Waals surface area contributed by atoms with E-state index in [0.717, 1.165) is 13.0 Å². The summed E-state index contributed by atoms with van der Waals surface area (Å²) >= 11 is 0. The summed E-state index contributed by atoms with van der Waals surface area (Å²) < 4.78 is 0. The molecule has 0 saturated carbocycles. The summed E-state index contributed by atoms with van der Waals surface area (Å²) in [5.41, 5.74) is 4.01. The summed E-state index contributed by atoms with van der Waals surface area (Å²) in [4.78, 5) is 0. The molecule has 1 N–H and O–H groups in total. The van der Waals surface area contributed by atoms with Gasteiger partial charge >= 0.3 is 0 Å². The third-order valence-electron chi connectivity index (χ3n) is 2.52. The van der Waals surface area contributed by atoms with Crippen molar-refractivity contribution >= 4 is 5.57 Å². The normalized spacial score (nSPS) is 14.8. The molecule has 0 bridgehead atoms. The fourth-order valence-electron chi connectivity index (χ4n) is 1.60. The SMILES string of the molecule is CCc1ccc(C2=CCNC=C2)cc1. The van der Waals surface area contributed by atoms with E-state index in [1.807, 2.05) is 6.20 Å². The van der Waals surface area contributed by atoms with Crippen molar-refractivity contribution in [3.63, 3.8) is 0 Å². The van der Waals surface area contributed by atoms with Crippen molar-refractivity contribution < 1.29 is 0 Å². The van der Waals surface area contributed by atoms with Gasteiger partial charge in [-0.3, -0.25) is 0 Å². The number of dihydropyridines is 1. The minimum atomic E-state index is 0.932. The Balaban J connectivity index is 2.24. The minimum absolute atomic E-state index is 0.932. The first kappa shape index (κ1) is 9.07. The van der Waals surface area contributed by atoms with Crippen LogP contribution in [0.15, 0.2) is 42.6 Å². The number of nitrogens with one attached hydrogen (secondary N) is 1. The van der Waals surface area contributed by atoms with Crippen molar-refractivity contribution in [1.29, 1.82) is 0 Å². The van der Waals surface area contributed by atoms with Gasteiger partial charge in [0.2, 0.25) is 0 Å². The molecule has 0 aliphatic carbocycles. The van der Waals surface area contributed by atoms with Crippen LogP contribution in [-0.2, 0) is 6.42 Å². The van der Waals surface area contributed by atoms with Gasteiger partial charge in [0.1, 0.15) is 0 Å². The predicted octanol–water partition coefficient (Wildman–Crippen LogP) is 2.75. The fourth-order valence-corrected chi connectivity index (χ4v) is 1.60. The number of benzene rings is 1. The van der Waals surface area contributed by atoms with Crippen molar-refractivity contribution in [3.8, 4) is 0 Å². The molecule has 1 nitrogen and oxygen atoms in total. The van der Waals surface area contributed by atoms with Crippen LogP contribution in [0.25, 0.3) is 5.57 Å². The van der Waals surface area contributed by atoms with Crippen molar-refractivity contribution in [2.24, 2.45) is 0 Å². The second-order valence-corrected chi connectivity index (χ2v) is 3.45. The zero-order valence-corrected chi connectivity index (χ0v) is 8.46. The number of rotatable bonds is 2. The average Bonchev–Trinajstić information content (AvgIpc) is 2.30. The Labute approximate surface area is 85.2 Å². The Morgan fingerprint density at radius 3 is 2.57 bits per heavy atom. The van der Waals surface area contributed by atoms with Crippen LogP contribution in [0.4, 0.5) is 0 Å². The lowest BCUT2D eigenvalue weighted by Crippen LogP contribution is -2.08. The van der Waals surface area contributed by atoms with E-state index in [-0.39, 0.29) is 0 Å². The maximum Gasteiger partial charge on any atom is 0.0334 e. The third-order valence-corrected chi connectivity index (χ3v) is 2.52. The number of hydrogen-bond donors (Lipinski definition) is 1. The smallest absolute Gasteiger partial charge is 0.0334 e. The van der Waals surface area contributed by atoms with Crippen LogP contribution < -0.4 is 5.32 Å². The lowest BCUT2D eigenvalue weighted by molar-refractivity contribution is 0.975. The molecule has 1 aliphatic rings. The molecule has 2 rings (SSSR count). The quantitative estimate of drug-likeness (QED) is 0.747. The van der Waals surface area contributed by atoms with Crippen molar-refractivity contribution in [3.05, 3.63) is 53.7 Å². The van der Waals surface area contributed by atoms with Crippen molar-refractivity contribution in [2.75, 3.05) is 6.54 Å². The van der Waals surface area contributed by atoms with E-state index in [0.29, 0.717) is 0 Å². The molecule has 0 amide bonds. The van der Waals surface area contributed by atoms with E-state index in [4.69, 9.17) is 0 Å². The lowest BCUT2D eigenvalue weighted by Gasteiger charge is -2.08. The van der Waals surface area contributed by atoms with Gasteiger partial charge in [0.15, 0.2) is 0 Å². The summed E-state index contributed by atoms with van der Waals surface area (Å²) in [5.74, 6) is 0. The summed E-state index contributed by atoms with van der Waals surface area (Å²) in [7, 11) is 0. The van der Waals surface area contributed by atoms with Crippen LogP contribution in [0.1, 0.15) is 18.1 Å². The van der Waals surface area contributed by atoms with Gasteiger partial charge in [-0.2, -0.15) is 0 Å². The van der Waals surface area contributed by atoms with Crippen LogP contribution in [0.3, 0.4) is 0 Å². The van der Waals surface area contributed by atoms with E-state index in [1.54, 1.807) is 0 Å². The Bertz CT molecular complexity index is 357. The number of allylic oxidation sites excluding steroid dienone is 2. The fraction of sp³-hybridized carbons (Fsp3) is 0.231. The van der Waals surface area contributed by atoms with Gasteiger partial charge in [0, 0.05) is 6.54 Å². The lowest BCUT2D eigenvalue weighted by atomic mass is 10.0. The molecule has 1 aliphatic heterocycles. The highest BCUT2D eigenvalue weighted by Gasteiger charge is 1.99. The maximum atomic E-state index is 3.15. The minimum Gasteiger partial charge on any atom is -0.387 e. The highest BCUT2D eigenvalue weighted by molar-refractivity contribution is 5.74. The second-order valence-electron chi connectivity index (χ2n) is 3.45. The Kier molecular flexibility index (Phi) is 2.68. The largest absolute Gasteiger partial charge is 0.387 e. The standard InChI is InChI=1S/C13H15N/c1-2-11-3-5-12(6-4-11)13-7-9-14-10-8-13/h3-9,14H,2,10H2,1H3. The third kappa shape index (κ3) is 1.87. The first-order chi connectivity index (χ1) is 6.90. The summed E-state index contributed by atoms with van der Waals surface area (Å²) in [6.45, 7) is 3.11. The van der Waals surface area contributed by atoms with Gasteiger partial charge in [-0.15, -0.1) is 0 Å². The highest BCUT2D eigenvalue weighted by Crippen LogP contribution is 2.17. The van der Waals surface area contributed by atoms with E-state index >= 15 is 0 Å². The topological polar surface area (TPSA) is 12.0 Å². The van der Waals surface area contributed by atoms with E-state index in [2.05, 4.69) is 48.7 Å². The zero-order valence-electron chi connectivity index (χ0n) is 8.46. The van der Waals surface area contributed by atoms with E-state index in [9.17, 15) is 0 Å². The maximum absolute atomic E-state index is 3.15. The molecule has 0 saturated heterocycles. The molecular formula is C13H15N. The molecule has 1 aromatic carbocycles. The monoisotopic (exact) mass is 185 g/mol. The summed E-state index contributed by atoms with van der Waals surface area (Å²) in [6, 6.07) is 8.79. The predicted molar refractivity (Wildman–Crippen MR) is 60.9 cm³/mol. The Morgan fingerprint density at radius 1 is 1.21 bits per heavy atom. The van der Waals surface area contributed by atoms with Gasteiger partial charge in [0.25, 0.3) is 0 Å². The Morgan fingerprint density at radius 2 is 2.00 bits per heavy atom. The molecule has 1 heteroatoms. The van der Waals surface area contributed by atoms with Crippen LogP contribution >= 0.6 is 0 Å². The molecule has 0 aromatic heterocycles. The molecule has 0 spiro atoms. The van der Waals surface area contributed by atoms with Gasteiger partial charge in [-0.05, 0) is 35.4 Å². The molecular weight excluding hydrogens is 170 g/mol. The van der Waals surface area contributed by atoms with E-state index < -0.39 is 0 Å². The molecule has 0 fully saturated rings. The number of hydrogen-bond acceptors (Lipinski definition) is 1. The van der Waals surface area contributed by atoms with E-state index in [1.165, 1.54) is 16.7 Å². The van der Waals surface area contributed by atoms with Crippen LogP contribution in [0, 0.1) is 0 Å². The van der Waals surface area contributed by atoms with Crippen LogP contribution in [0.5, 0.6) is 0 Å². The molecule has 1 aromatic rings. The number of aryl methyl sites for hydroxylation is 1. The van der Waals surface area contributed by atoms with Gasteiger partial charge < -0.3 is 5.32 Å². The van der Waals surface area contributed by atoms with Gasteiger partial charge in [-0.1, -0.05) is 37.3 Å². The molecule has 0 unspecified atom stereocenters. The van der Waals surface area contributed by atoms with Crippen molar-refractivity contribution in [2.45, 2.75) is 13.3 Å². The average molecular weight is 185 g/mol. The molecule has 1 heterocycles. The first-order valence-corrected chi connectivity index (χ1v) is 5.09. The second kappa shape index (κ2) is 4.14. The van der Waals surface area contributed by atoms with Gasteiger partial charge in [-0.25, -0.2) is 0 Å². The summed E-state index contributed by atoms with van der Waals surface area (Å²) in [6.07, 6.45) is 7.44. The highest BCUT2D eigenvalue weighted by atomic mass is 14.8. The van der Waals surface area contributed by atoms with Gasteiger partial charge in [0.05, 0.1) is 0 Å². The van der Waals surface area contributed by atoms with Crippen molar-refractivity contribution in [1.82, 2.24) is 5.32 Å². The Hall–Kier alpha value is -1.50. The molecule has 0 atom stereocenters. The first-order valence-electron chi connectivity index (χ1n) is 5.09. The molecule has 14 heavy (non-hydrogen) atoms. The summed E-state index contributed by atoms with van der Waals surface area (Å²) in [5, 5.41) is 3.15. The zero-order chi connectivity index (χ0) is 9.80.